The van der Waals surface area contributed by atoms with E-state index in [0.717, 1.165) is 51.5 Å². The Morgan fingerprint density at radius 1 is 1.36 bits per heavy atom. The first-order valence-corrected chi connectivity index (χ1v) is 9.33. The van der Waals surface area contributed by atoms with E-state index in [-0.39, 0.29) is 35.9 Å². The number of rotatable bonds is 8. The summed E-state index contributed by atoms with van der Waals surface area (Å²) < 4.78 is 10.4. The Morgan fingerprint density at radius 3 is 2.72 bits per heavy atom. The third-order valence-corrected chi connectivity index (χ3v) is 5.03. The van der Waals surface area contributed by atoms with Crippen molar-refractivity contribution < 1.29 is 14.3 Å². The summed E-state index contributed by atoms with van der Waals surface area (Å²) >= 11 is 0. The molecule has 0 radical (unpaired) electrons. The maximum atomic E-state index is 12.0. The number of ether oxygens (including phenoxy) is 2. The predicted molar refractivity (Wildman–Crippen MR) is 110 cm³/mol. The van der Waals surface area contributed by atoms with Crippen molar-refractivity contribution in [2.24, 2.45) is 16.3 Å². The smallest absolute Gasteiger partial charge is 0.310 e. The largest absolute Gasteiger partial charge is 0.466 e. The molecule has 0 aromatic rings. The van der Waals surface area contributed by atoms with Gasteiger partial charge in [-0.15, -0.1) is 24.0 Å². The molecule has 7 heteroatoms. The second kappa shape index (κ2) is 11.2. The van der Waals surface area contributed by atoms with E-state index in [1.54, 1.807) is 7.11 Å². The first kappa shape index (κ1) is 22.5. The van der Waals surface area contributed by atoms with Crippen molar-refractivity contribution >= 4 is 35.9 Å². The summed E-state index contributed by atoms with van der Waals surface area (Å²) in [4.78, 5) is 19.2. The number of piperidine rings is 1. The maximum absolute atomic E-state index is 12.0. The van der Waals surface area contributed by atoms with E-state index < -0.39 is 0 Å². The van der Waals surface area contributed by atoms with Gasteiger partial charge in [0.25, 0.3) is 0 Å². The molecule has 2 rings (SSSR count). The number of nitrogens with one attached hydrogen (secondary N) is 1. The molecular formula is C18H34IN3O3. The molecule has 1 N–H and O–H groups in total. The molecule has 1 aliphatic carbocycles. The zero-order chi connectivity index (χ0) is 17.4. The van der Waals surface area contributed by atoms with Gasteiger partial charge in [0.1, 0.15) is 0 Å². The average Bonchev–Trinajstić information content (AvgIpc) is 3.37. The van der Waals surface area contributed by atoms with Crippen LogP contribution in [0.25, 0.3) is 0 Å². The Labute approximate surface area is 169 Å². The number of guanidine groups is 1. The average molecular weight is 467 g/mol. The van der Waals surface area contributed by atoms with Crippen LogP contribution in [0, 0.1) is 11.3 Å². The number of aliphatic imine (C=N–C) groups is 1. The molecule has 1 saturated heterocycles. The minimum atomic E-state index is -0.0724. The van der Waals surface area contributed by atoms with Crippen LogP contribution in [0.3, 0.4) is 0 Å². The van der Waals surface area contributed by atoms with Gasteiger partial charge in [0, 0.05) is 39.9 Å². The van der Waals surface area contributed by atoms with Crippen LogP contribution in [0.5, 0.6) is 0 Å². The molecule has 1 heterocycles. The normalized spacial score (nSPS) is 22.1. The number of esters is 1. The highest BCUT2D eigenvalue weighted by atomic mass is 127. The van der Waals surface area contributed by atoms with Crippen molar-refractivity contribution in [2.75, 3.05) is 46.5 Å². The number of hydrogen-bond acceptors (Lipinski definition) is 4. The molecule has 1 atom stereocenters. The Balaban J connectivity index is 0.00000312. The number of methoxy groups -OCH3 is 1. The van der Waals surface area contributed by atoms with Crippen molar-refractivity contribution in [2.45, 2.75) is 46.0 Å². The van der Waals surface area contributed by atoms with Crippen LogP contribution >= 0.6 is 24.0 Å². The van der Waals surface area contributed by atoms with Crippen molar-refractivity contribution in [1.82, 2.24) is 10.2 Å². The topological polar surface area (TPSA) is 63.2 Å². The quantitative estimate of drug-likeness (QED) is 0.258. The Hall–Kier alpha value is -0.570. The number of halogens is 1. The number of nitrogens with zero attached hydrogens (tertiary/aromatic N) is 2. The van der Waals surface area contributed by atoms with Crippen LogP contribution in [-0.4, -0.2) is 63.3 Å². The Morgan fingerprint density at radius 2 is 2.12 bits per heavy atom. The molecule has 1 aliphatic heterocycles. The molecule has 0 unspecified atom stereocenters. The molecule has 0 spiro atoms. The molecule has 146 valence electrons. The lowest BCUT2D eigenvalue weighted by Gasteiger charge is -2.34. The van der Waals surface area contributed by atoms with Crippen molar-refractivity contribution in [3.8, 4) is 0 Å². The first-order chi connectivity index (χ1) is 11.6. The number of hydrogen-bond donors (Lipinski definition) is 1. The van der Waals surface area contributed by atoms with Crippen LogP contribution in [0.2, 0.25) is 0 Å². The second-order valence-corrected chi connectivity index (χ2v) is 6.95. The van der Waals surface area contributed by atoms with Gasteiger partial charge in [-0.25, -0.2) is 0 Å². The molecule has 2 aliphatic rings. The Bertz CT molecular complexity index is 441. The van der Waals surface area contributed by atoms with E-state index in [1.165, 1.54) is 12.8 Å². The molecule has 1 saturated carbocycles. The molecule has 6 nitrogen and oxygen atoms in total. The van der Waals surface area contributed by atoms with Gasteiger partial charge < -0.3 is 19.7 Å². The molecule has 2 fully saturated rings. The summed E-state index contributed by atoms with van der Waals surface area (Å²) in [6, 6.07) is 0. The summed E-state index contributed by atoms with van der Waals surface area (Å²) in [7, 11) is 1.76. The van der Waals surface area contributed by atoms with E-state index in [9.17, 15) is 4.79 Å². The summed E-state index contributed by atoms with van der Waals surface area (Å²) in [6.45, 7) is 8.54. The van der Waals surface area contributed by atoms with E-state index >= 15 is 0 Å². The van der Waals surface area contributed by atoms with E-state index in [2.05, 4.69) is 17.1 Å². The fourth-order valence-electron chi connectivity index (χ4n) is 3.27. The summed E-state index contributed by atoms with van der Waals surface area (Å²) in [5, 5.41) is 3.39. The summed E-state index contributed by atoms with van der Waals surface area (Å²) in [5.74, 6) is 0.831. The minimum Gasteiger partial charge on any atom is -0.466 e. The van der Waals surface area contributed by atoms with Crippen LogP contribution in [0.1, 0.15) is 46.0 Å². The SMILES string of the molecule is CCNC(=NCC1(CCOC)CC1)N1CCC[C@@H](C(=O)OCC)C1.I. The van der Waals surface area contributed by atoms with Crippen LogP contribution in [-0.2, 0) is 14.3 Å². The minimum absolute atomic E-state index is 0. The lowest BCUT2D eigenvalue weighted by Crippen LogP contribution is -2.48. The maximum Gasteiger partial charge on any atom is 0.310 e. The van der Waals surface area contributed by atoms with Gasteiger partial charge in [0.15, 0.2) is 5.96 Å². The molecule has 0 aromatic heterocycles. The molecular weight excluding hydrogens is 433 g/mol. The third kappa shape index (κ3) is 6.92. The van der Waals surface area contributed by atoms with Crippen molar-refractivity contribution in [1.29, 1.82) is 0 Å². The van der Waals surface area contributed by atoms with Crippen LogP contribution in [0.15, 0.2) is 4.99 Å². The number of carbonyl (C=O) groups excluding carboxylic acids is 1. The lowest BCUT2D eigenvalue weighted by atomic mass is 9.98. The lowest BCUT2D eigenvalue weighted by molar-refractivity contribution is -0.149. The predicted octanol–water partition coefficient (Wildman–Crippen LogP) is 2.66. The first-order valence-electron chi connectivity index (χ1n) is 9.33. The van der Waals surface area contributed by atoms with Gasteiger partial charge in [0.05, 0.1) is 12.5 Å². The zero-order valence-electron chi connectivity index (χ0n) is 15.9. The van der Waals surface area contributed by atoms with E-state index in [0.29, 0.717) is 18.6 Å². The molecule has 0 bridgehead atoms. The number of carbonyl (C=O) groups is 1. The van der Waals surface area contributed by atoms with Gasteiger partial charge in [-0.05, 0) is 51.4 Å². The molecule has 0 amide bonds. The highest BCUT2D eigenvalue weighted by Crippen LogP contribution is 2.49. The number of likely N-dealkylation sites (tertiary alicyclic amines) is 1. The van der Waals surface area contributed by atoms with Crippen molar-refractivity contribution in [3.05, 3.63) is 0 Å². The summed E-state index contributed by atoms with van der Waals surface area (Å²) in [6.07, 6.45) is 5.47. The van der Waals surface area contributed by atoms with Gasteiger partial charge >= 0.3 is 5.97 Å². The van der Waals surface area contributed by atoms with Gasteiger partial charge in [-0.1, -0.05) is 0 Å². The highest BCUT2D eigenvalue weighted by molar-refractivity contribution is 14.0. The molecule has 25 heavy (non-hydrogen) atoms. The van der Waals surface area contributed by atoms with E-state index in [4.69, 9.17) is 14.5 Å². The van der Waals surface area contributed by atoms with Crippen LogP contribution in [0.4, 0.5) is 0 Å². The van der Waals surface area contributed by atoms with Crippen LogP contribution < -0.4 is 5.32 Å². The monoisotopic (exact) mass is 467 g/mol. The van der Waals surface area contributed by atoms with Gasteiger partial charge in [0.2, 0.25) is 0 Å². The fourth-order valence-corrected chi connectivity index (χ4v) is 3.27. The zero-order valence-corrected chi connectivity index (χ0v) is 18.2. The molecule has 0 aromatic carbocycles. The van der Waals surface area contributed by atoms with Gasteiger partial charge in [-0.2, -0.15) is 0 Å². The van der Waals surface area contributed by atoms with E-state index in [1.807, 2.05) is 6.92 Å². The fraction of sp³-hybridized carbons (Fsp3) is 0.889. The summed E-state index contributed by atoms with van der Waals surface area (Å²) in [5.41, 5.74) is 0.340. The second-order valence-electron chi connectivity index (χ2n) is 6.95. The standard InChI is InChI=1S/C18H33N3O3.HI/c1-4-19-17(20-14-18(8-9-18)10-12-23-3)21-11-6-7-15(13-21)16(22)24-5-2;/h15H,4-14H2,1-3H3,(H,19,20);1H/t15-;/m1./s1. The van der Waals surface area contributed by atoms with Gasteiger partial charge in [-0.3, -0.25) is 9.79 Å². The highest BCUT2D eigenvalue weighted by Gasteiger charge is 2.42. The third-order valence-electron chi connectivity index (χ3n) is 5.03. The van der Waals surface area contributed by atoms with Crippen molar-refractivity contribution in [3.63, 3.8) is 0 Å². The Kier molecular flexibility index (Phi) is 10.1.